The van der Waals surface area contributed by atoms with Gasteiger partial charge in [0.05, 0.1) is 6.04 Å². The molecule has 116 valence electrons. The van der Waals surface area contributed by atoms with Crippen LogP contribution in [0.15, 0.2) is 30.3 Å². The van der Waals surface area contributed by atoms with E-state index in [0.717, 1.165) is 5.56 Å². The Balaban J connectivity index is 2.16. The number of rotatable bonds is 3. The van der Waals surface area contributed by atoms with Crippen LogP contribution in [0.5, 0.6) is 0 Å². The van der Waals surface area contributed by atoms with Crippen LogP contribution in [0.1, 0.15) is 38.8 Å². The molecular formula is C16H26N2O2Si. The van der Waals surface area contributed by atoms with Crippen molar-refractivity contribution in [2.24, 2.45) is 5.84 Å². The third kappa shape index (κ3) is 3.20. The smallest absolute Gasteiger partial charge is 0.265 e. The summed E-state index contributed by atoms with van der Waals surface area (Å²) in [6.45, 7) is 10.8. The van der Waals surface area contributed by atoms with Crippen LogP contribution in [0.25, 0.3) is 0 Å². The van der Waals surface area contributed by atoms with Gasteiger partial charge in [0.15, 0.2) is 8.32 Å². The number of carbonyl (C=O) groups excluding carboxylic acids is 1. The van der Waals surface area contributed by atoms with Crippen molar-refractivity contribution in [2.75, 3.05) is 0 Å². The third-order valence-corrected chi connectivity index (χ3v) is 9.22. The average Bonchev–Trinajstić information content (AvgIpc) is 2.66. The number of hydrogen-bond acceptors (Lipinski definition) is 3. The highest BCUT2D eigenvalue weighted by atomic mass is 28.4. The van der Waals surface area contributed by atoms with Gasteiger partial charge in [-0.2, -0.15) is 0 Å². The summed E-state index contributed by atoms with van der Waals surface area (Å²) in [6, 6.07) is 9.82. The summed E-state index contributed by atoms with van der Waals surface area (Å²) in [7, 11) is -1.97. The van der Waals surface area contributed by atoms with Crippen molar-refractivity contribution in [3.05, 3.63) is 35.9 Å². The number of nitrogens with zero attached hydrogens (tertiary/aromatic N) is 1. The van der Waals surface area contributed by atoms with Gasteiger partial charge in [0, 0.05) is 6.42 Å². The molecule has 0 saturated carbocycles. The van der Waals surface area contributed by atoms with Crippen molar-refractivity contribution in [3.63, 3.8) is 0 Å². The lowest BCUT2D eigenvalue weighted by Gasteiger charge is -2.37. The Kier molecular flexibility index (Phi) is 4.28. The van der Waals surface area contributed by atoms with Crippen LogP contribution in [-0.4, -0.2) is 25.3 Å². The number of nitrogens with two attached hydrogens (primary N) is 1. The number of benzene rings is 1. The van der Waals surface area contributed by atoms with E-state index in [4.69, 9.17) is 10.3 Å². The van der Waals surface area contributed by atoms with Gasteiger partial charge in [0.2, 0.25) is 0 Å². The van der Waals surface area contributed by atoms with Crippen molar-refractivity contribution < 1.29 is 9.22 Å². The molecule has 0 bridgehead atoms. The van der Waals surface area contributed by atoms with Crippen molar-refractivity contribution in [3.8, 4) is 0 Å². The average molecular weight is 306 g/mol. The molecule has 0 aliphatic carbocycles. The van der Waals surface area contributed by atoms with Crippen LogP contribution in [-0.2, 0) is 9.22 Å². The molecule has 1 fully saturated rings. The first-order valence-electron chi connectivity index (χ1n) is 7.44. The Bertz CT molecular complexity index is 511. The molecule has 21 heavy (non-hydrogen) atoms. The highest BCUT2D eigenvalue weighted by Crippen LogP contribution is 2.40. The van der Waals surface area contributed by atoms with Crippen LogP contribution >= 0.6 is 0 Å². The number of hydrogen-bond donors (Lipinski definition) is 1. The van der Waals surface area contributed by atoms with Gasteiger partial charge in [-0.3, -0.25) is 9.80 Å². The summed E-state index contributed by atoms with van der Waals surface area (Å²) in [6.07, 6.45) is 0.215. The fourth-order valence-corrected chi connectivity index (χ4v) is 3.60. The monoisotopic (exact) mass is 306 g/mol. The lowest BCUT2D eigenvalue weighted by atomic mass is 10.0. The summed E-state index contributed by atoms with van der Waals surface area (Å²) < 4.78 is 6.27. The molecule has 0 aromatic heterocycles. The molecule has 1 aromatic rings. The highest BCUT2D eigenvalue weighted by Gasteiger charge is 2.46. The second kappa shape index (κ2) is 5.55. The first-order valence-corrected chi connectivity index (χ1v) is 10.3. The maximum Gasteiger partial charge on any atom is 0.265 e. The fraction of sp³-hybridized carbons (Fsp3) is 0.562. The largest absolute Gasteiger partial charge is 0.405 e. The fourth-order valence-electron chi connectivity index (χ4n) is 2.34. The van der Waals surface area contributed by atoms with Crippen LogP contribution in [0.2, 0.25) is 18.1 Å². The maximum atomic E-state index is 12.4. The van der Waals surface area contributed by atoms with Gasteiger partial charge in [-0.25, -0.2) is 5.84 Å². The van der Waals surface area contributed by atoms with E-state index in [0.29, 0.717) is 6.42 Å². The van der Waals surface area contributed by atoms with E-state index in [1.807, 2.05) is 30.3 Å². The van der Waals surface area contributed by atoms with Crippen LogP contribution < -0.4 is 5.84 Å². The van der Waals surface area contributed by atoms with E-state index in [2.05, 4.69) is 33.9 Å². The molecule has 4 nitrogen and oxygen atoms in total. The van der Waals surface area contributed by atoms with Crippen LogP contribution in [0.4, 0.5) is 0 Å². The molecule has 1 heterocycles. The normalized spacial score (nSPS) is 23.7. The minimum absolute atomic E-state index is 0.0809. The Morgan fingerprint density at radius 3 is 2.33 bits per heavy atom. The summed E-state index contributed by atoms with van der Waals surface area (Å²) in [5, 5.41) is 1.42. The summed E-state index contributed by atoms with van der Waals surface area (Å²) in [5.74, 6) is 5.89. The Hall–Kier alpha value is -1.17. The summed E-state index contributed by atoms with van der Waals surface area (Å²) >= 11 is 0. The predicted octanol–water partition coefficient (Wildman–Crippen LogP) is 3.22. The molecule has 1 aromatic carbocycles. The van der Waals surface area contributed by atoms with E-state index >= 15 is 0 Å². The molecule has 1 saturated heterocycles. The lowest BCUT2D eigenvalue weighted by molar-refractivity contribution is -0.135. The van der Waals surface area contributed by atoms with Crippen molar-refractivity contribution >= 4 is 14.2 Å². The molecule has 2 N–H and O–H groups in total. The maximum absolute atomic E-state index is 12.4. The summed E-state index contributed by atoms with van der Waals surface area (Å²) in [4.78, 5) is 12.4. The number of hydrazine groups is 1. The second-order valence-corrected chi connectivity index (χ2v) is 12.0. The molecule has 1 unspecified atom stereocenters. The Morgan fingerprint density at radius 2 is 1.81 bits per heavy atom. The van der Waals surface area contributed by atoms with Crippen molar-refractivity contribution in [1.82, 2.24) is 5.01 Å². The number of amides is 1. The minimum atomic E-state index is -1.97. The molecule has 0 radical (unpaired) electrons. The second-order valence-electron chi connectivity index (χ2n) is 7.27. The topological polar surface area (TPSA) is 55.6 Å². The Labute approximate surface area is 128 Å². The van der Waals surface area contributed by atoms with E-state index in [-0.39, 0.29) is 17.0 Å². The highest BCUT2D eigenvalue weighted by molar-refractivity contribution is 6.74. The van der Waals surface area contributed by atoms with Gasteiger partial charge in [-0.1, -0.05) is 51.1 Å². The number of carbonyl (C=O) groups is 1. The van der Waals surface area contributed by atoms with Crippen molar-refractivity contribution in [2.45, 2.75) is 57.5 Å². The van der Waals surface area contributed by atoms with Gasteiger partial charge in [0.25, 0.3) is 5.91 Å². The standard InChI is InChI=1S/C16H26N2O2Si/c1-16(2,3)21(4,5)20-14-11-13(18(17)15(14)19)12-9-7-6-8-10-12/h6-10,13-14H,11,17H2,1-5H3/t13?,14-/m1/s1. The SMILES string of the molecule is CC(C)(C)[Si](C)(C)O[C@@H]1CC(c2ccccc2)N(N)C1=O. The van der Waals surface area contributed by atoms with Crippen LogP contribution in [0, 0.1) is 0 Å². The molecule has 2 rings (SSSR count). The molecule has 5 heteroatoms. The Morgan fingerprint density at radius 1 is 1.24 bits per heavy atom. The van der Waals surface area contributed by atoms with E-state index < -0.39 is 14.4 Å². The molecule has 2 atom stereocenters. The quantitative estimate of drug-likeness (QED) is 0.530. The minimum Gasteiger partial charge on any atom is -0.405 e. The van der Waals surface area contributed by atoms with Crippen LogP contribution in [0.3, 0.4) is 0 Å². The molecular weight excluding hydrogens is 280 g/mol. The van der Waals surface area contributed by atoms with Gasteiger partial charge in [-0.15, -0.1) is 0 Å². The molecule has 1 amide bonds. The molecule has 1 aliphatic heterocycles. The van der Waals surface area contributed by atoms with E-state index in [1.165, 1.54) is 5.01 Å². The third-order valence-electron chi connectivity index (χ3n) is 4.73. The zero-order valence-corrected chi connectivity index (χ0v) is 14.6. The zero-order valence-electron chi connectivity index (χ0n) is 13.6. The lowest BCUT2D eigenvalue weighted by Crippen LogP contribution is -2.46. The summed E-state index contributed by atoms with van der Waals surface area (Å²) in [5.41, 5.74) is 1.06. The zero-order chi connectivity index (χ0) is 15.8. The van der Waals surface area contributed by atoms with Gasteiger partial charge in [0.1, 0.15) is 6.10 Å². The first-order chi connectivity index (χ1) is 9.63. The molecule has 1 aliphatic rings. The predicted molar refractivity (Wildman–Crippen MR) is 86.9 cm³/mol. The molecule has 0 spiro atoms. The van der Waals surface area contributed by atoms with Gasteiger partial charge >= 0.3 is 0 Å². The van der Waals surface area contributed by atoms with E-state index in [1.54, 1.807) is 0 Å². The first kappa shape index (κ1) is 16.2. The van der Waals surface area contributed by atoms with Crippen molar-refractivity contribution in [1.29, 1.82) is 0 Å². The van der Waals surface area contributed by atoms with Gasteiger partial charge in [-0.05, 0) is 23.7 Å². The van der Waals surface area contributed by atoms with Gasteiger partial charge < -0.3 is 4.43 Å². The van der Waals surface area contributed by atoms with E-state index in [9.17, 15) is 4.79 Å².